The summed E-state index contributed by atoms with van der Waals surface area (Å²) in [5.74, 6) is -1.69. The minimum absolute atomic E-state index is 0.0926. The molecule has 0 saturated heterocycles. The van der Waals surface area contributed by atoms with E-state index in [1.165, 1.54) is 6.08 Å². The Kier molecular flexibility index (Phi) is 5.24. The first-order valence-corrected chi connectivity index (χ1v) is 8.37. The number of rotatable bonds is 6. The van der Waals surface area contributed by atoms with Gasteiger partial charge in [-0.3, -0.25) is 14.5 Å². The highest BCUT2D eigenvalue weighted by molar-refractivity contribution is 6.22. The fourth-order valence-corrected chi connectivity index (χ4v) is 2.99. The number of ether oxygens (including phenoxy) is 1. The van der Waals surface area contributed by atoms with Gasteiger partial charge in [-0.1, -0.05) is 24.3 Å². The van der Waals surface area contributed by atoms with Crippen molar-refractivity contribution in [2.24, 2.45) is 4.99 Å². The van der Waals surface area contributed by atoms with Gasteiger partial charge in [0.15, 0.2) is 0 Å². The summed E-state index contributed by atoms with van der Waals surface area (Å²) in [7, 11) is 0. The van der Waals surface area contributed by atoms with Crippen LogP contribution in [0.5, 0.6) is 0 Å². The molecule has 0 spiro atoms. The quantitative estimate of drug-likeness (QED) is 0.340. The molecule has 0 aliphatic carbocycles. The molecule has 1 heterocycles. The predicted octanol–water partition coefficient (Wildman–Crippen LogP) is 2.42. The summed E-state index contributed by atoms with van der Waals surface area (Å²) in [5.41, 5.74) is 1.65. The first-order valence-electron chi connectivity index (χ1n) is 8.37. The van der Waals surface area contributed by atoms with Gasteiger partial charge in [0.25, 0.3) is 11.8 Å². The highest BCUT2D eigenvalue weighted by atomic mass is 16.5. The first-order chi connectivity index (χ1) is 13.1. The van der Waals surface area contributed by atoms with Crippen LogP contribution in [0.1, 0.15) is 33.2 Å². The zero-order chi connectivity index (χ0) is 19.4. The topological polar surface area (TPSA) is 93.1 Å². The molecule has 2 aromatic carbocycles. The summed E-state index contributed by atoms with van der Waals surface area (Å²) < 4.78 is 5.09. The number of isocyanates is 1. The first kappa shape index (κ1) is 18.2. The van der Waals surface area contributed by atoms with Crippen molar-refractivity contribution < 1.29 is 23.9 Å². The second-order valence-corrected chi connectivity index (χ2v) is 5.87. The normalized spacial score (nSPS) is 13.7. The van der Waals surface area contributed by atoms with Crippen LogP contribution in [-0.2, 0) is 20.7 Å². The molecule has 0 saturated carbocycles. The van der Waals surface area contributed by atoms with Crippen molar-refractivity contribution in [3.63, 3.8) is 0 Å². The Labute approximate surface area is 155 Å². The van der Waals surface area contributed by atoms with Gasteiger partial charge < -0.3 is 4.74 Å². The number of aliphatic imine (C=N–C) groups is 1. The zero-order valence-electron chi connectivity index (χ0n) is 14.5. The molecule has 7 heteroatoms. The van der Waals surface area contributed by atoms with Crippen molar-refractivity contribution in [2.75, 3.05) is 6.61 Å². The van der Waals surface area contributed by atoms with Gasteiger partial charge in [0.1, 0.15) is 6.04 Å². The fourth-order valence-electron chi connectivity index (χ4n) is 2.99. The fraction of sp³-hybridized carbons (Fsp3) is 0.200. The smallest absolute Gasteiger partial charge is 0.329 e. The van der Waals surface area contributed by atoms with Crippen LogP contribution in [0.15, 0.2) is 53.5 Å². The molecule has 27 heavy (non-hydrogen) atoms. The Morgan fingerprint density at radius 3 is 2.19 bits per heavy atom. The van der Waals surface area contributed by atoms with Gasteiger partial charge in [-0.05, 0) is 36.8 Å². The molecule has 0 fully saturated rings. The molecule has 7 nitrogen and oxygen atoms in total. The number of benzene rings is 2. The van der Waals surface area contributed by atoms with Gasteiger partial charge in [-0.2, -0.15) is 4.99 Å². The van der Waals surface area contributed by atoms with Crippen molar-refractivity contribution in [1.82, 2.24) is 4.90 Å². The second-order valence-electron chi connectivity index (χ2n) is 5.87. The Hall–Kier alpha value is -3.57. The van der Waals surface area contributed by atoms with Gasteiger partial charge in [-0.25, -0.2) is 9.59 Å². The Morgan fingerprint density at radius 1 is 1.07 bits per heavy atom. The Bertz CT molecular complexity index is 910. The van der Waals surface area contributed by atoms with Gasteiger partial charge >= 0.3 is 5.97 Å². The van der Waals surface area contributed by atoms with E-state index < -0.39 is 23.8 Å². The molecule has 2 amide bonds. The number of carbonyl (C=O) groups excluding carboxylic acids is 4. The number of carbonyl (C=O) groups is 3. The van der Waals surface area contributed by atoms with Crippen LogP contribution in [0.4, 0.5) is 5.69 Å². The third kappa shape index (κ3) is 3.54. The largest absolute Gasteiger partial charge is 0.464 e. The highest BCUT2D eigenvalue weighted by Gasteiger charge is 2.43. The van der Waals surface area contributed by atoms with Gasteiger partial charge in [0.2, 0.25) is 6.08 Å². The van der Waals surface area contributed by atoms with E-state index in [4.69, 9.17) is 4.74 Å². The van der Waals surface area contributed by atoms with Crippen LogP contribution < -0.4 is 0 Å². The van der Waals surface area contributed by atoms with E-state index in [0.717, 1.165) is 4.90 Å². The maximum absolute atomic E-state index is 12.7. The lowest BCUT2D eigenvalue weighted by atomic mass is 10.0. The standard InChI is InChI=1S/C20H16N2O5/c1-2-27-20(26)17(11-13-7-9-14(10-8-13)21-12-23)22-18(24)15-5-3-4-6-16(15)19(22)25/h3-10,17H,2,11H2,1H3. The summed E-state index contributed by atoms with van der Waals surface area (Å²) in [6.07, 6.45) is 1.54. The van der Waals surface area contributed by atoms with Crippen LogP contribution in [0, 0.1) is 0 Å². The van der Waals surface area contributed by atoms with Gasteiger partial charge in [0.05, 0.1) is 23.4 Å². The maximum Gasteiger partial charge on any atom is 0.329 e. The van der Waals surface area contributed by atoms with Crippen molar-refractivity contribution in [3.05, 3.63) is 65.2 Å². The van der Waals surface area contributed by atoms with Crippen LogP contribution in [-0.4, -0.2) is 41.4 Å². The minimum Gasteiger partial charge on any atom is -0.464 e. The average Bonchev–Trinajstić information content (AvgIpc) is 2.93. The number of fused-ring (bicyclic) bond motifs is 1. The summed E-state index contributed by atoms with van der Waals surface area (Å²) in [4.78, 5) is 52.7. The molecule has 0 bridgehead atoms. The van der Waals surface area contributed by atoms with Crippen LogP contribution in [0.25, 0.3) is 0 Å². The molecule has 0 aromatic heterocycles. The molecule has 136 valence electrons. The van der Waals surface area contributed by atoms with Crippen molar-refractivity contribution in [1.29, 1.82) is 0 Å². The molecule has 1 aliphatic heterocycles. The van der Waals surface area contributed by atoms with Gasteiger partial charge in [0, 0.05) is 6.42 Å². The molecule has 0 N–H and O–H groups in total. The predicted molar refractivity (Wildman–Crippen MR) is 95.3 cm³/mol. The van der Waals surface area contributed by atoms with Crippen molar-refractivity contribution in [2.45, 2.75) is 19.4 Å². The molecular weight excluding hydrogens is 348 g/mol. The third-order valence-corrected chi connectivity index (χ3v) is 4.24. The Morgan fingerprint density at radius 2 is 1.67 bits per heavy atom. The minimum atomic E-state index is -1.09. The van der Waals surface area contributed by atoms with Crippen molar-refractivity contribution >= 4 is 29.6 Å². The molecule has 2 aromatic rings. The third-order valence-electron chi connectivity index (χ3n) is 4.24. The number of amides is 2. The number of hydrogen-bond donors (Lipinski definition) is 0. The average molecular weight is 364 g/mol. The van der Waals surface area contributed by atoms with E-state index in [1.54, 1.807) is 55.5 Å². The Balaban J connectivity index is 1.93. The van der Waals surface area contributed by atoms with Crippen LogP contribution in [0.2, 0.25) is 0 Å². The second kappa shape index (κ2) is 7.76. The lowest BCUT2D eigenvalue weighted by Crippen LogP contribution is -2.47. The summed E-state index contributed by atoms with van der Waals surface area (Å²) in [6.45, 7) is 1.79. The number of hydrogen-bond acceptors (Lipinski definition) is 6. The maximum atomic E-state index is 12.7. The van der Waals surface area contributed by atoms with E-state index >= 15 is 0 Å². The van der Waals surface area contributed by atoms with E-state index in [9.17, 15) is 19.2 Å². The number of esters is 1. The van der Waals surface area contributed by atoms with E-state index in [0.29, 0.717) is 11.3 Å². The summed E-state index contributed by atoms with van der Waals surface area (Å²) in [5, 5.41) is 0. The monoisotopic (exact) mass is 364 g/mol. The summed E-state index contributed by atoms with van der Waals surface area (Å²) in [6, 6.07) is 11.9. The molecule has 1 aliphatic rings. The van der Waals surface area contributed by atoms with Gasteiger partial charge in [-0.15, -0.1) is 0 Å². The van der Waals surface area contributed by atoms with E-state index in [1.807, 2.05) is 0 Å². The van der Waals surface area contributed by atoms with E-state index in [-0.39, 0.29) is 24.2 Å². The number of nitrogens with zero attached hydrogens (tertiary/aromatic N) is 2. The summed E-state index contributed by atoms with van der Waals surface area (Å²) >= 11 is 0. The highest BCUT2D eigenvalue weighted by Crippen LogP contribution is 2.27. The van der Waals surface area contributed by atoms with E-state index in [2.05, 4.69) is 4.99 Å². The molecule has 0 radical (unpaired) electrons. The lowest BCUT2D eigenvalue weighted by Gasteiger charge is -2.24. The van der Waals surface area contributed by atoms with Crippen molar-refractivity contribution in [3.8, 4) is 0 Å². The molecule has 1 atom stereocenters. The number of imide groups is 1. The molecule has 1 unspecified atom stereocenters. The molecular formula is C20H16N2O5. The van der Waals surface area contributed by atoms with Crippen LogP contribution >= 0.6 is 0 Å². The lowest BCUT2D eigenvalue weighted by molar-refractivity contribution is -0.147. The molecule has 3 rings (SSSR count). The van der Waals surface area contributed by atoms with Crippen LogP contribution in [0.3, 0.4) is 0 Å². The SMILES string of the molecule is CCOC(=O)C(Cc1ccc(N=C=O)cc1)N1C(=O)c2ccccc2C1=O. The zero-order valence-corrected chi connectivity index (χ0v) is 14.5.